The molecule has 1 aromatic heterocycles. The molecule has 3 heterocycles. The second kappa shape index (κ2) is 10.2. The predicted octanol–water partition coefficient (Wildman–Crippen LogP) is 0.746. The van der Waals surface area contributed by atoms with Crippen LogP contribution in [0.5, 0.6) is 0 Å². The maximum Gasteiger partial charge on any atom is 0.404 e. The highest BCUT2D eigenvalue weighted by Crippen LogP contribution is 2.33. The molecule has 0 radical (unpaired) electrons. The van der Waals surface area contributed by atoms with Crippen molar-refractivity contribution in [3.63, 3.8) is 0 Å². The van der Waals surface area contributed by atoms with Crippen LogP contribution in [0.3, 0.4) is 0 Å². The normalized spacial score (nSPS) is 17.9. The molecule has 31 heavy (non-hydrogen) atoms. The fourth-order valence-electron chi connectivity index (χ4n) is 3.54. The Morgan fingerprint density at radius 1 is 1.13 bits per heavy atom. The lowest BCUT2D eigenvalue weighted by atomic mass is 10.0. The first-order valence-corrected chi connectivity index (χ1v) is 10.9. The van der Waals surface area contributed by atoms with Gasteiger partial charge in [-0.1, -0.05) is 0 Å². The minimum absolute atomic E-state index is 0.220. The van der Waals surface area contributed by atoms with Gasteiger partial charge in [0, 0.05) is 30.9 Å². The van der Waals surface area contributed by atoms with E-state index in [0.717, 1.165) is 23.3 Å². The number of hydrogen-bond donors (Lipinski definition) is 5. The smallest absolute Gasteiger partial charge is 0.404 e. The van der Waals surface area contributed by atoms with Crippen LogP contribution < -0.4 is 21.3 Å². The molecule has 0 spiro atoms. The first-order chi connectivity index (χ1) is 14.8. The van der Waals surface area contributed by atoms with E-state index < -0.39 is 18.0 Å². The molecular formula is C19H25N5O6S. The van der Waals surface area contributed by atoms with Gasteiger partial charge in [-0.05, 0) is 37.3 Å². The van der Waals surface area contributed by atoms with Gasteiger partial charge in [0.2, 0.25) is 11.8 Å². The summed E-state index contributed by atoms with van der Waals surface area (Å²) in [5.74, 6) is -0.969. The monoisotopic (exact) mass is 451 g/mol. The molecule has 0 bridgehead atoms. The zero-order valence-electron chi connectivity index (χ0n) is 16.9. The average Bonchev–Trinajstić information content (AvgIpc) is 3.24. The Balaban J connectivity index is 1.38. The fourth-order valence-corrected chi connectivity index (χ4v) is 4.61. The molecule has 1 aromatic rings. The van der Waals surface area contributed by atoms with Gasteiger partial charge in [0.15, 0.2) is 0 Å². The van der Waals surface area contributed by atoms with E-state index in [2.05, 4.69) is 21.3 Å². The zero-order valence-corrected chi connectivity index (χ0v) is 17.7. The van der Waals surface area contributed by atoms with Crippen LogP contribution in [0.1, 0.15) is 52.2 Å². The van der Waals surface area contributed by atoms with E-state index in [-0.39, 0.29) is 30.8 Å². The molecule has 1 fully saturated rings. The summed E-state index contributed by atoms with van der Waals surface area (Å²) in [5, 5.41) is 18.5. The van der Waals surface area contributed by atoms with Gasteiger partial charge in [0.1, 0.15) is 6.04 Å². The first-order valence-electron chi connectivity index (χ1n) is 10.1. The van der Waals surface area contributed by atoms with E-state index in [1.165, 1.54) is 16.2 Å². The highest BCUT2D eigenvalue weighted by atomic mass is 32.1. The number of carbonyl (C=O) groups excluding carboxylic acids is 4. The summed E-state index contributed by atoms with van der Waals surface area (Å²) in [5.41, 5.74) is 0.826. The molecule has 1 atom stereocenters. The second-order valence-electron chi connectivity index (χ2n) is 7.37. The number of unbranched alkanes of at least 4 members (excludes halogenated alkanes) is 2. The number of carbonyl (C=O) groups is 5. The third-order valence-electron chi connectivity index (χ3n) is 5.08. The molecule has 11 nitrogen and oxygen atoms in total. The van der Waals surface area contributed by atoms with Gasteiger partial charge >= 0.3 is 12.1 Å². The molecule has 6 amide bonds. The van der Waals surface area contributed by atoms with Crippen molar-refractivity contribution in [3.05, 3.63) is 21.4 Å². The molecule has 12 heteroatoms. The number of piperidine rings is 1. The Morgan fingerprint density at radius 2 is 1.87 bits per heavy atom. The Morgan fingerprint density at radius 3 is 2.55 bits per heavy atom. The Labute approximate surface area is 182 Å². The van der Waals surface area contributed by atoms with E-state index >= 15 is 0 Å². The summed E-state index contributed by atoms with van der Waals surface area (Å²) in [7, 11) is 0. The van der Waals surface area contributed by atoms with Gasteiger partial charge < -0.3 is 26.0 Å². The third kappa shape index (κ3) is 5.94. The van der Waals surface area contributed by atoms with Gasteiger partial charge in [0.25, 0.3) is 5.91 Å². The topological polar surface area (TPSA) is 157 Å². The lowest BCUT2D eigenvalue weighted by Crippen LogP contribution is -2.52. The molecule has 3 rings (SSSR count). The van der Waals surface area contributed by atoms with Crippen molar-refractivity contribution < 1.29 is 29.1 Å². The molecule has 2 aliphatic heterocycles. The predicted molar refractivity (Wildman–Crippen MR) is 110 cm³/mol. The van der Waals surface area contributed by atoms with Crippen molar-refractivity contribution in [2.75, 3.05) is 13.1 Å². The van der Waals surface area contributed by atoms with Crippen LogP contribution in [0.15, 0.2) is 6.07 Å². The van der Waals surface area contributed by atoms with Crippen molar-refractivity contribution >= 4 is 41.2 Å². The number of amides is 6. The van der Waals surface area contributed by atoms with Crippen molar-refractivity contribution in [3.8, 4) is 0 Å². The van der Waals surface area contributed by atoms with Crippen LogP contribution in [0.2, 0.25) is 0 Å². The van der Waals surface area contributed by atoms with Crippen LogP contribution in [0.25, 0.3) is 0 Å². The third-order valence-corrected chi connectivity index (χ3v) is 6.25. The standard InChI is InChI=1S/C19H25N5O6S/c25-14-5-4-13(16(26)23-14)24-10-11-8-12(31-15(11)17(24)27)9-22-18(28)20-6-2-1-3-7-21-19(29)30/h8,13,21H,1-7,9-10H2,(H,29,30)(H2,20,22,28)(H,23,25,26). The van der Waals surface area contributed by atoms with Crippen LogP contribution >= 0.6 is 11.3 Å². The molecule has 168 valence electrons. The molecule has 0 aliphatic carbocycles. The van der Waals surface area contributed by atoms with Gasteiger partial charge in [-0.2, -0.15) is 0 Å². The minimum atomic E-state index is -1.04. The van der Waals surface area contributed by atoms with Crippen molar-refractivity contribution in [1.82, 2.24) is 26.2 Å². The molecule has 2 aliphatic rings. The van der Waals surface area contributed by atoms with E-state index in [4.69, 9.17) is 5.11 Å². The largest absolute Gasteiger partial charge is 0.465 e. The number of nitrogens with zero attached hydrogens (tertiary/aromatic N) is 1. The van der Waals surface area contributed by atoms with E-state index in [1.807, 2.05) is 6.07 Å². The van der Waals surface area contributed by atoms with Crippen molar-refractivity contribution in [2.24, 2.45) is 0 Å². The van der Waals surface area contributed by atoms with E-state index in [0.29, 0.717) is 37.4 Å². The van der Waals surface area contributed by atoms with Gasteiger partial charge in [0.05, 0.1) is 11.4 Å². The maximum absolute atomic E-state index is 12.7. The number of urea groups is 1. The van der Waals surface area contributed by atoms with E-state index in [1.54, 1.807) is 0 Å². The van der Waals surface area contributed by atoms with Gasteiger partial charge in [-0.25, -0.2) is 9.59 Å². The fraction of sp³-hybridized carbons (Fsp3) is 0.526. The van der Waals surface area contributed by atoms with Gasteiger partial charge in [-0.15, -0.1) is 11.3 Å². The summed E-state index contributed by atoms with van der Waals surface area (Å²) in [6.45, 7) is 1.49. The Bertz CT molecular complexity index is 885. The quantitative estimate of drug-likeness (QED) is 0.275. The van der Waals surface area contributed by atoms with Crippen molar-refractivity contribution in [2.45, 2.75) is 51.2 Å². The van der Waals surface area contributed by atoms with Crippen LogP contribution in [0, 0.1) is 0 Å². The molecule has 5 N–H and O–H groups in total. The number of nitrogens with one attached hydrogen (secondary N) is 4. The second-order valence-corrected chi connectivity index (χ2v) is 8.51. The number of carboxylic acid groups (broad SMARTS) is 1. The number of thiophene rings is 1. The van der Waals surface area contributed by atoms with Crippen molar-refractivity contribution in [1.29, 1.82) is 0 Å². The summed E-state index contributed by atoms with van der Waals surface area (Å²) in [6.07, 6.45) is 1.76. The molecule has 1 unspecified atom stereocenters. The average molecular weight is 452 g/mol. The number of hydrogen-bond acceptors (Lipinski definition) is 6. The zero-order chi connectivity index (χ0) is 22.4. The lowest BCUT2D eigenvalue weighted by molar-refractivity contribution is -0.136. The number of fused-ring (bicyclic) bond motifs is 1. The highest BCUT2D eigenvalue weighted by molar-refractivity contribution is 7.14. The summed E-state index contributed by atoms with van der Waals surface area (Å²) in [6, 6.07) is 0.922. The molecule has 1 saturated heterocycles. The van der Waals surface area contributed by atoms with E-state index in [9.17, 15) is 24.0 Å². The first kappa shape index (κ1) is 22.5. The Kier molecular flexibility index (Phi) is 7.45. The minimum Gasteiger partial charge on any atom is -0.465 e. The molecule has 0 aromatic carbocycles. The number of imide groups is 1. The summed E-state index contributed by atoms with van der Waals surface area (Å²) in [4.78, 5) is 61.2. The van der Waals surface area contributed by atoms with Gasteiger partial charge in [-0.3, -0.25) is 19.7 Å². The maximum atomic E-state index is 12.7. The van der Waals surface area contributed by atoms with Crippen LogP contribution in [-0.2, 0) is 22.7 Å². The van der Waals surface area contributed by atoms with Crippen LogP contribution in [-0.4, -0.2) is 59.0 Å². The highest BCUT2D eigenvalue weighted by Gasteiger charge is 2.40. The summed E-state index contributed by atoms with van der Waals surface area (Å²) >= 11 is 1.29. The number of rotatable bonds is 9. The van der Waals surface area contributed by atoms with Crippen LogP contribution in [0.4, 0.5) is 9.59 Å². The summed E-state index contributed by atoms with van der Waals surface area (Å²) < 4.78 is 0. The molecular weight excluding hydrogens is 426 g/mol. The SMILES string of the molecule is O=C(O)NCCCCCNC(=O)NCc1cc2c(s1)C(=O)N(C1CCC(=O)NC1=O)C2. The molecule has 0 saturated carbocycles. The lowest BCUT2D eigenvalue weighted by Gasteiger charge is -2.29. The Hall–Kier alpha value is -3.15.